The molecule has 8 heteroatoms. The Bertz CT molecular complexity index is 822. The van der Waals surface area contributed by atoms with E-state index in [1.54, 1.807) is 55.7 Å². The molecule has 164 valence electrons. The molecule has 0 saturated carbocycles. The van der Waals surface area contributed by atoms with Gasteiger partial charge in [0.15, 0.2) is 0 Å². The van der Waals surface area contributed by atoms with Crippen LogP contribution in [0.1, 0.15) is 47.1 Å². The summed E-state index contributed by atoms with van der Waals surface area (Å²) in [7, 11) is 3.24. The van der Waals surface area contributed by atoms with Crippen LogP contribution in [-0.4, -0.2) is 55.0 Å². The first-order chi connectivity index (χ1) is 13.8. The number of methoxy groups -OCH3 is 1. The van der Waals surface area contributed by atoms with Crippen LogP contribution in [0, 0.1) is 11.8 Å². The zero-order valence-electron chi connectivity index (χ0n) is 19.0. The highest BCUT2D eigenvalue weighted by atomic mass is 16.6. The number of nitrogens with one attached hydrogen (secondary N) is 1. The molecule has 8 nitrogen and oxygen atoms in total. The van der Waals surface area contributed by atoms with Crippen molar-refractivity contribution in [3.8, 4) is 17.6 Å². The van der Waals surface area contributed by atoms with Crippen LogP contribution in [0.2, 0.25) is 0 Å². The number of carbonyl (C=O) groups excluding carboxylic acids is 2. The normalized spacial score (nSPS) is 11.7. The summed E-state index contributed by atoms with van der Waals surface area (Å²) in [6.45, 7) is 10.6. The predicted octanol–water partition coefficient (Wildman–Crippen LogP) is 3.79. The maximum atomic E-state index is 12.2. The maximum absolute atomic E-state index is 12.2. The van der Waals surface area contributed by atoms with Gasteiger partial charge in [0.2, 0.25) is 5.96 Å². The Hall–Kier alpha value is -3.21. The molecule has 0 aliphatic heterocycles. The highest BCUT2D eigenvalue weighted by Gasteiger charge is 2.21. The summed E-state index contributed by atoms with van der Waals surface area (Å²) in [5.74, 6) is 6.69. The zero-order valence-corrected chi connectivity index (χ0v) is 19.0. The van der Waals surface area contributed by atoms with Crippen molar-refractivity contribution in [3.05, 3.63) is 29.8 Å². The van der Waals surface area contributed by atoms with Crippen molar-refractivity contribution in [3.63, 3.8) is 0 Å². The van der Waals surface area contributed by atoms with Gasteiger partial charge in [0.05, 0.1) is 13.7 Å². The molecule has 0 aromatic heterocycles. The molecule has 0 atom stereocenters. The summed E-state index contributed by atoms with van der Waals surface area (Å²) >= 11 is 0. The predicted molar refractivity (Wildman–Crippen MR) is 116 cm³/mol. The largest absolute Gasteiger partial charge is 0.497 e. The van der Waals surface area contributed by atoms with E-state index < -0.39 is 23.4 Å². The number of carbonyl (C=O) groups is 2. The van der Waals surface area contributed by atoms with Gasteiger partial charge in [-0.2, -0.15) is 0 Å². The molecule has 0 spiro atoms. The molecule has 0 heterocycles. The lowest BCUT2D eigenvalue weighted by molar-refractivity contribution is 0.0556. The Morgan fingerprint density at radius 3 is 2.10 bits per heavy atom. The van der Waals surface area contributed by atoms with Gasteiger partial charge in [-0.3, -0.25) is 5.32 Å². The van der Waals surface area contributed by atoms with Crippen molar-refractivity contribution in [1.29, 1.82) is 0 Å². The van der Waals surface area contributed by atoms with Crippen molar-refractivity contribution in [2.45, 2.75) is 52.7 Å². The molecule has 0 saturated heterocycles. The summed E-state index contributed by atoms with van der Waals surface area (Å²) < 4.78 is 15.6. The molecule has 1 N–H and O–H groups in total. The number of rotatable bonds is 2. The van der Waals surface area contributed by atoms with Crippen LogP contribution in [0.3, 0.4) is 0 Å². The zero-order chi connectivity index (χ0) is 22.9. The number of ether oxygens (including phenoxy) is 3. The molecular weight excluding hydrogens is 386 g/mol. The standard InChI is InChI=1S/C22H31N3O5/c1-21(2,3)29-19(26)23-18(24-20(27)30-22(4,5)6)25(7)15-9-10-16-11-13-17(28-8)14-12-16/h11-14H,15H2,1-8H3,(H,23,24,26,27). The fourth-order valence-corrected chi connectivity index (χ4v) is 1.98. The first kappa shape index (κ1) is 24.8. The second-order valence-electron chi connectivity index (χ2n) is 8.43. The van der Waals surface area contributed by atoms with Gasteiger partial charge >= 0.3 is 12.2 Å². The van der Waals surface area contributed by atoms with Crippen LogP contribution < -0.4 is 10.1 Å². The lowest BCUT2D eigenvalue weighted by Crippen LogP contribution is -2.45. The van der Waals surface area contributed by atoms with Crippen molar-refractivity contribution in [2.75, 3.05) is 20.7 Å². The number of amides is 2. The fraction of sp³-hybridized carbons (Fsp3) is 0.500. The van der Waals surface area contributed by atoms with E-state index in [1.165, 1.54) is 4.90 Å². The van der Waals surface area contributed by atoms with E-state index >= 15 is 0 Å². The Balaban J connectivity index is 2.94. The minimum absolute atomic E-state index is 0.0254. The van der Waals surface area contributed by atoms with Crippen LogP contribution in [0.15, 0.2) is 29.3 Å². The van der Waals surface area contributed by atoms with Crippen molar-refractivity contribution in [2.24, 2.45) is 4.99 Å². The molecular formula is C22H31N3O5. The highest BCUT2D eigenvalue weighted by molar-refractivity contribution is 5.98. The molecule has 0 bridgehead atoms. The number of aliphatic imine (C=N–C) groups is 1. The third-order valence-corrected chi connectivity index (χ3v) is 3.20. The van der Waals surface area contributed by atoms with E-state index in [2.05, 4.69) is 22.2 Å². The number of benzene rings is 1. The highest BCUT2D eigenvalue weighted by Crippen LogP contribution is 2.11. The van der Waals surface area contributed by atoms with E-state index in [-0.39, 0.29) is 12.5 Å². The molecule has 0 unspecified atom stereocenters. The maximum Gasteiger partial charge on any atom is 0.437 e. The lowest BCUT2D eigenvalue weighted by atomic mass is 10.2. The van der Waals surface area contributed by atoms with Gasteiger partial charge in [-0.15, -0.1) is 4.99 Å². The molecule has 2 amide bonds. The van der Waals surface area contributed by atoms with Gasteiger partial charge in [0, 0.05) is 12.6 Å². The van der Waals surface area contributed by atoms with E-state index in [9.17, 15) is 9.59 Å². The van der Waals surface area contributed by atoms with Gasteiger partial charge in [-0.05, 0) is 65.8 Å². The van der Waals surface area contributed by atoms with Gasteiger partial charge in [-0.25, -0.2) is 9.59 Å². The summed E-state index contributed by atoms with van der Waals surface area (Å²) in [6.07, 6.45) is -1.57. The molecule has 0 radical (unpaired) electrons. The summed E-state index contributed by atoms with van der Waals surface area (Å²) in [4.78, 5) is 29.7. The molecule has 0 aliphatic rings. The molecule has 0 fully saturated rings. The van der Waals surface area contributed by atoms with Crippen LogP contribution in [0.25, 0.3) is 0 Å². The van der Waals surface area contributed by atoms with Crippen LogP contribution in [-0.2, 0) is 9.47 Å². The lowest BCUT2D eigenvalue weighted by Gasteiger charge is -2.23. The first-order valence-electron chi connectivity index (χ1n) is 9.45. The second kappa shape index (κ2) is 10.5. The van der Waals surface area contributed by atoms with E-state index in [0.29, 0.717) is 0 Å². The Labute approximate surface area is 178 Å². The number of alkyl carbamates (subject to hydrolysis) is 1. The molecule has 30 heavy (non-hydrogen) atoms. The van der Waals surface area contributed by atoms with Crippen LogP contribution in [0.4, 0.5) is 9.59 Å². The number of hydrogen-bond donors (Lipinski definition) is 1. The number of nitrogens with zero attached hydrogens (tertiary/aromatic N) is 2. The third-order valence-electron chi connectivity index (χ3n) is 3.20. The van der Waals surface area contributed by atoms with Crippen LogP contribution in [0.5, 0.6) is 5.75 Å². The number of hydrogen-bond acceptors (Lipinski definition) is 5. The second-order valence-corrected chi connectivity index (χ2v) is 8.43. The SMILES string of the molecule is COc1ccc(C#CCN(C)/C(=N\C(=O)OC(C)(C)C)NC(=O)OC(C)(C)C)cc1. The van der Waals surface area contributed by atoms with Crippen molar-refractivity contribution >= 4 is 18.1 Å². The average molecular weight is 418 g/mol. The molecule has 1 aromatic carbocycles. The molecule has 1 aromatic rings. The number of guanidine groups is 1. The monoisotopic (exact) mass is 417 g/mol. The van der Waals surface area contributed by atoms with Gasteiger partial charge in [-0.1, -0.05) is 11.8 Å². The first-order valence-corrected chi connectivity index (χ1v) is 9.45. The Morgan fingerprint density at radius 1 is 1.03 bits per heavy atom. The minimum Gasteiger partial charge on any atom is -0.497 e. The quantitative estimate of drug-likeness (QED) is 0.447. The van der Waals surface area contributed by atoms with Crippen molar-refractivity contribution in [1.82, 2.24) is 10.2 Å². The fourth-order valence-electron chi connectivity index (χ4n) is 1.98. The minimum atomic E-state index is -0.830. The molecule has 1 rings (SSSR count). The van der Waals surface area contributed by atoms with Gasteiger partial charge < -0.3 is 19.1 Å². The summed E-state index contributed by atoms with van der Waals surface area (Å²) in [5.41, 5.74) is -0.618. The smallest absolute Gasteiger partial charge is 0.437 e. The summed E-state index contributed by atoms with van der Waals surface area (Å²) in [6, 6.07) is 7.29. The van der Waals surface area contributed by atoms with E-state index in [0.717, 1.165) is 11.3 Å². The molecule has 0 aliphatic carbocycles. The van der Waals surface area contributed by atoms with E-state index in [4.69, 9.17) is 14.2 Å². The van der Waals surface area contributed by atoms with Gasteiger partial charge in [0.25, 0.3) is 0 Å². The van der Waals surface area contributed by atoms with E-state index in [1.807, 2.05) is 24.3 Å². The topological polar surface area (TPSA) is 89.5 Å². The third kappa shape index (κ3) is 10.4. The Morgan fingerprint density at radius 2 is 1.60 bits per heavy atom. The Kier molecular flexibility index (Phi) is 8.72. The van der Waals surface area contributed by atoms with Gasteiger partial charge in [0.1, 0.15) is 17.0 Å². The van der Waals surface area contributed by atoms with Crippen molar-refractivity contribution < 1.29 is 23.8 Å². The summed E-state index contributed by atoms with van der Waals surface area (Å²) in [5, 5.41) is 2.48. The average Bonchev–Trinajstić information content (AvgIpc) is 2.58. The van der Waals surface area contributed by atoms with Crippen LogP contribution >= 0.6 is 0 Å².